The van der Waals surface area contributed by atoms with E-state index in [9.17, 15) is 4.39 Å². The highest BCUT2D eigenvalue weighted by Crippen LogP contribution is 2.37. The summed E-state index contributed by atoms with van der Waals surface area (Å²) in [5.41, 5.74) is 2.36. The number of hydrogen-bond acceptors (Lipinski definition) is 2. The molecule has 0 amide bonds. The van der Waals surface area contributed by atoms with Gasteiger partial charge in [0.1, 0.15) is 10.8 Å². The van der Waals surface area contributed by atoms with E-state index in [2.05, 4.69) is 20.9 Å². The topological polar surface area (TPSA) is 12.9 Å². The summed E-state index contributed by atoms with van der Waals surface area (Å²) in [6, 6.07) is 12.5. The molecular formula is C16H10BrClFNS. The van der Waals surface area contributed by atoms with Crippen molar-refractivity contribution in [1.82, 2.24) is 4.98 Å². The van der Waals surface area contributed by atoms with E-state index in [1.807, 2.05) is 31.2 Å². The van der Waals surface area contributed by atoms with Crippen LogP contribution in [-0.4, -0.2) is 4.98 Å². The largest absolute Gasteiger partial charge is 0.236 e. The normalized spacial score (nSPS) is 10.9. The molecule has 0 N–H and O–H groups in total. The molecule has 3 rings (SSSR count). The van der Waals surface area contributed by atoms with Gasteiger partial charge in [0.15, 0.2) is 0 Å². The third-order valence-electron chi connectivity index (χ3n) is 3.09. The Bertz CT molecular complexity index is 816. The summed E-state index contributed by atoms with van der Waals surface area (Å²) in [4.78, 5) is 5.65. The van der Waals surface area contributed by atoms with Crippen LogP contribution in [0.1, 0.15) is 4.88 Å². The number of halogens is 3. The number of nitrogens with zero attached hydrogens (tertiary/aromatic N) is 1. The molecule has 0 aliphatic carbocycles. The maximum absolute atomic E-state index is 14.0. The van der Waals surface area contributed by atoms with Crippen LogP contribution in [0.3, 0.4) is 0 Å². The lowest BCUT2D eigenvalue weighted by atomic mass is 10.1. The minimum Gasteiger partial charge on any atom is -0.236 e. The highest BCUT2D eigenvalue weighted by atomic mass is 79.9. The SMILES string of the molecule is Cc1sc(-c2ccc(Cl)cc2F)nc1-c1ccccc1Br. The molecule has 5 heteroatoms. The highest BCUT2D eigenvalue weighted by Gasteiger charge is 2.15. The van der Waals surface area contributed by atoms with Gasteiger partial charge in [-0.1, -0.05) is 45.7 Å². The van der Waals surface area contributed by atoms with E-state index in [-0.39, 0.29) is 5.82 Å². The van der Waals surface area contributed by atoms with Crippen molar-refractivity contribution in [3.8, 4) is 21.8 Å². The molecule has 0 saturated carbocycles. The minimum atomic E-state index is -0.352. The van der Waals surface area contributed by atoms with E-state index in [4.69, 9.17) is 11.6 Å². The van der Waals surface area contributed by atoms with Gasteiger partial charge in [-0.2, -0.15) is 0 Å². The van der Waals surface area contributed by atoms with Gasteiger partial charge in [0, 0.05) is 25.5 Å². The molecule has 2 aromatic carbocycles. The van der Waals surface area contributed by atoms with Crippen LogP contribution in [0.25, 0.3) is 21.8 Å². The average Bonchev–Trinajstić information content (AvgIpc) is 2.81. The zero-order valence-electron chi connectivity index (χ0n) is 11.0. The number of aryl methyl sites for hydroxylation is 1. The molecule has 106 valence electrons. The van der Waals surface area contributed by atoms with Crippen molar-refractivity contribution in [2.75, 3.05) is 0 Å². The standard InChI is InChI=1S/C16H10BrClFNS/c1-9-15(11-4-2-3-5-13(11)17)20-16(21-9)12-7-6-10(18)8-14(12)19/h2-8H,1H3. The third-order valence-corrected chi connectivity index (χ3v) is 5.02. The van der Waals surface area contributed by atoms with E-state index < -0.39 is 0 Å². The van der Waals surface area contributed by atoms with Crippen molar-refractivity contribution in [2.24, 2.45) is 0 Å². The van der Waals surface area contributed by atoms with E-state index >= 15 is 0 Å². The smallest absolute Gasteiger partial charge is 0.134 e. The summed E-state index contributed by atoms with van der Waals surface area (Å²) in [6.07, 6.45) is 0. The molecule has 21 heavy (non-hydrogen) atoms. The molecular weight excluding hydrogens is 373 g/mol. The molecule has 0 aliphatic rings. The first kappa shape index (κ1) is 14.7. The van der Waals surface area contributed by atoms with Crippen LogP contribution >= 0.6 is 38.9 Å². The molecule has 0 bridgehead atoms. The van der Waals surface area contributed by atoms with Gasteiger partial charge in [0.25, 0.3) is 0 Å². The first-order valence-corrected chi connectivity index (χ1v) is 8.23. The Morgan fingerprint density at radius 2 is 1.90 bits per heavy atom. The Balaban J connectivity index is 2.12. The van der Waals surface area contributed by atoms with E-state index in [1.54, 1.807) is 12.1 Å². The minimum absolute atomic E-state index is 0.352. The molecule has 0 unspecified atom stereocenters. The Morgan fingerprint density at radius 3 is 2.62 bits per heavy atom. The maximum Gasteiger partial charge on any atom is 0.134 e. The van der Waals surface area contributed by atoms with Crippen molar-refractivity contribution in [1.29, 1.82) is 0 Å². The first-order chi connectivity index (χ1) is 10.1. The second-order valence-electron chi connectivity index (χ2n) is 4.53. The molecule has 1 heterocycles. The number of hydrogen-bond donors (Lipinski definition) is 0. The predicted octanol–water partition coefficient (Wildman–Crippen LogP) is 6.34. The number of thiazole rings is 1. The molecule has 0 spiro atoms. The summed E-state index contributed by atoms with van der Waals surface area (Å²) in [5.74, 6) is -0.352. The Kier molecular flexibility index (Phi) is 4.11. The van der Waals surface area contributed by atoms with Crippen molar-refractivity contribution < 1.29 is 4.39 Å². The highest BCUT2D eigenvalue weighted by molar-refractivity contribution is 9.10. The molecule has 3 aromatic rings. The van der Waals surface area contributed by atoms with Crippen molar-refractivity contribution >= 4 is 38.9 Å². The second kappa shape index (κ2) is 5.87. The zero-order valence-corrected chi connectivity index (χ0v) is 14.2. The van der Waals surface area contributed by atoms with E-state index in [1.165, 1.54) is 17.4 Å². The molecule has 0 radical (unpaired) electrons. The van der Waals surface area contributed by atoms with Crippen LogP contribution in [0, 0.1) is 12.7 Å². The summed E-state index contributed by atoms with van der Waals surface area (Å²) in [7, 11) is 0. The predicted molar refractivity (Wildman–Crippen MR) is 90.4 cm³/mol. The molecule has 0 aliphatic heterocycles. The van der Waals surface area contributed by atoms with Crippen LogP contribution in [-0.2, 0) is 0 Å². The van der Waals surface area contributed by atoms with E-state index in [0.29, 0.717) is 15.6 Å². The van der Waals surface area contributed by atoms with Crippen LogP contribution in [0.2, 0.25) is 5.02 Å². The number of aromatic nitrogens is 1. The van der Waals surface area contributed by atoms with Gasteiger partial charge < -0.3 is 0 Å². The Hall–Kier alpha value is -1.23. The molecule has 0 fully saturated rings. The first-order valence-electron chi connectivity index (χ1n) is 6.24. The van der Waals surface area contributed by atoms with Crippen molar-refractivity contribution in [3.05, 3.63) is 62.7 Å². The van der Waals surface area contributed by atoms with Gasteiger partial charge in [-0.3, -0.25) is 0 Å². The quantitative estimate of drug-likeness (QED) is 0.504. The summed E-state index contributed by atoms with van der Waals surface area (Å²) in [5, 5.41) is 1.04. The maximum atomic E-state index is 14.0. The van der Waals surface area contributed by atoms with Gasteiger partial charge in [0.05, 0.1) is 5.69 Å². The molecule has 0 atom stereocenters. The monoisotopic (exact) mass is 381 g/mol. The van der Waals surface area contributed by atoms with Gasteiger partial charge in [-0.05, 0) is 31.2 Å². The third kappa shape index (κ3) is 2.89. The fourth-order valence-electron chi connectivity index (χ4n) is 2.08. The zero-order chi connectivity index (χ0) is 15.0. The molecule has 0 saturated heterocycles. The number of rotatable bonds is 2. The van der Waals surface area contributed by atoms with Crippen molar-refractivity contribution in [3.63, 3.8) is 0 Å². The lowest BCUT2D eigenvalue weighted by Gasteiger charge is -2.01. The second-order valence-corrected chi connectivity index (χ2v) is 7.02. The Labute approximate surface area is 139 Å². The Morgan fingerprint density at radius 1 is 1.14 bits per heavy atom. The lowest BCUT2D eigenvalue weighted by Crippen LogP contribution is -1.85. The fourth-order valence-corrected chi connectivity index (χ4v) is 3.66. The molecule has 1 aromatic heterocycles. The van der Waals surface area contributed by atoms with Gasteiger partial charge in [-0.25, -0.2) is 9.37 Å². The van der Waals surface area contributed by atoms with Gasteiger partial charge >= 0.3 is 0 Å². The lowest BCUT2D eigenvalue weighted by molar-refractivity contribution is 0.631. The van der Waals surface area contributed by atoms with Crippen LogP contribution in [0.5, 0.6) is 0 Å². The summed E-state index contributed by atoms with van der Waals surface area (Å²) < 4.78 is 15.0. The fraction of sp³-hybridized carbons (Fsp3) is 0.0625. The molecule has 1 nitrogen and oxygen atoms in total. The van der Waals surface area contributed by atoms with Crippen LogP contribution < -0.4 is 0 Å². The van der Waals surface area contributed by atoms with Gasteiger partial charge in [0.2, 0.25) is 0 Å². The van der Waals surface area contributed by atoms with Crippen LogP contribution in [0.4, 0.5) is 4.39 Å². The van der Waals surface area contributed by atoms with E-state index in [0.717, 1.165) is 20.6 Å². The van der Waals surface area contributed by atoms with Crippen molar-refractivity contribution in [2.45, 2.75) is 6.92 Å². The average molecular weight is 383 g/mol. The number of benzene rings is 2. The summed E-state index contributed by atoms with van der Waals surface area (Å²) >= 11 is 10.8. The van der Waals surface area contributed by atoms with Crippen LogP contribution in [0.15, 0.2) is 46.9 Å². The summed E-state index contributed by atoms with van der Waals surface area (Å²) in [6.45, 7) is 1.99. The van der Waals surface area contributed by atoms with Gasteiger partial charge in [-0.15, -0.1) is 11.3 Å².